The van der Waals surface area contributed by atoms with Crippen molar-refractivity contribution in [1.82, 2.24) is 30.0 Å². The highest BCUT2D eigenvalue weighted by molar-refractivity contribution is 9.11. The summed E-state index contributed by atoms with van der Waals surface area (Å²) < 4.78 is 3.06. The molecule has 0 fully saturated rings. The fourth-order valence-electron chi connectivity index (χ4n) is 2.17. The number of hydrogen-bond acceptors (Lipinski definition) is 7. The van der Waals surface area contributed by atoms with Gasteiger partial charge in [0.05, 0.1) is 13.7 Å². The number of carbonyl (C=O) groups excluding carboxylic acids is 1. The highest BCUT2D eigenvalue weighted by Crippen LogP contribution is 2.20. The first-order valence-electron chi connectivity index (χ1n) is 7.73. The molecular formula is C16H15Br2N7O2. The van der Waals surface area contributed by atoms with E-state index in [1.807, 2.05) is 6.07 Å². The molecule has 140 valence electrons. The quantitative estimate of drug-likeness (QED) is 0.523. The van der Waals surface area contributed by atoms with Gasteiger partial charge in [-0.1, -0.05) is 31.9 Å². The van der Waals surface area contributed by atoms with Crippen LogP contribution in [0.25, 0.3) is 5.95 Å². The number of nitrogens with one attached hydrogen (secondary N) is 1. The van der Waals surface area contributed by atoms with Gasteiger partial charge in [0.1, 0.15) is 0 Å². The van der Waals surface area contributed by atoms with Gasteiger partial charge in [-0.3, -0.25) is 9.63 Å². The average Bonchev–Trinajstić information content (AvgIpc) is 3.09. The van der Waals surface area contributed by atoms with Crippen LogP contribution in [0.1, 0.15) is 16.2 Å². The van der Waals surface area contributed by atoms with Gasteiger partial charge in [0.25, 0.3) is 17.8 Å². The molecule has 2 heterocycles. The molecule has 0 spiro atoms. The summed E-state index contributed by atoms with van der Waals surface area (Å²) in [6.07, 6.45) is 3.20. The summed E-state index contributed by atoms with van der Waals surface area (Å²) in [5.74, 6) is 0.874. The van der Waals surface area contributed by atoms with E-state index in [0.717, 1.165) is 8.95 Å². The Hall–Kier alpha value is -2.37. The van der Waals surface area contributed by atoms with Crippen LogP contribution in [0.5, 0.6) is 0 Å². The van der Waals surface area contributed by atoms with Crippen molar-refractivity contribution < 1.29 is 9.63 Å². The number of aromatic nitrogens is 5. The third-order valence-electron chi connectivity index (χ3n) is 3.49. The second-order valence-electron chi connectivity index (χ2n) is 5.31. The minimum Gasteiger partial charge on any atom is -0.345 e. The van der Waals surface area contributed by atoms with Gasteiger partial charge in [0.15, 0.2) is 5.82 Å². The van der Waals surface area contributed by atoms with Crippen molar-refractivity contribution in [3.63, 3.8) is 0 Å². The topological polar surface area (TPSA) is 98.1 Å². The van der Waals surface area contributed by atoms with E-state index >= 15 is 0 Å². The maximum atomic E-state index is 12.5. The van der Waals surface area contributed by atoms with Crippen LogP contribution in [0, 0.1) is 0 Å². The Morgan fingerprint density at radius 2 is 1.89 bits per heavy atom. The first kappa shape index (κ1) is 19.4. The van der Waals surface area contributed by atoms with Crippen molar-refractivity contribution in [2.24, 2.45) is 0 Å². The molecule has 11 heteroatoms. The zero-order valence-corrected chi connectivity index (χ0v) is 17.6. The molecule has 0 unspecified atom stereocenters. The third-order valence-corrected chi connectivity index (χ3v) is 4.41. The van der Waals surface area contributed by atoms with Gasteiger partial charge in [-0.2, -0.15) is 9.67 Å². The lowest BCUT2D eigenvalue weighted by Gasteiger charge is -2.09. The summed E-state index contributed by atoms with van der Waals surface area (Å²) in [7, 11) is 3.18. The van der Waals surface area contributed by atoms with Gasteiger partial charge >= 0.3 is 0 Å². The number of rotatable bonds is 6. The molecule has 1 aromatic carbocycles. The Morgan fingerprint density at radius 1 is 1.22 bits per heavy atom. The van der Waals surface area contributed by atoms with Crippen LogP contribution in [0.3, 0.4) is 0 Å². The minimum absolute atomic E-state index is 0.131. The van der Waals surface area contributed by atoms with Crippen LogP contribution < -0.4 is 10.4 Å². The Kier molecular flexibility index (Phi) is 6.14. The SMILES string of the molecule is CON(C)c1nc(CNC(=O)c2cc(Br)cc(Br)c2)n(-c2ncccn2)n1. The number of hydroxylamine groups is 1. The molecular weight excluding hydrogens is 482 g/mol. The number of nitrogens with zero attached hydrogens (tertiary/aromatic N) is 6. The number of hydrogen-bond donors (Lipinski definition) is 1. The zero-order valence-electron chi connectivity index (χ0n) is 14.4. The van der Waals surface area contributed by atoms with E-state index in [9.17, 15) is 4.79 Å². The van der Waals surface area contributed by atoms with Crippen molar-refractivity contribution in [2.75, 3.05) is 19.2 Å². The molecule has 3 aromatic rings. The number of halogens is 2. The molecule has 0 saturated heterocycles. The van der Waals surface area contributed by atoms with E-state index in [1.165, 1.54) is 16.9 Å². The van der Waals surface area contributed by atoms with E-state index in [0.29, 0.717) is 23.3 Å². The Bertz CT molecular complexity index is 929. The van der Waals surface area contributed by atoms with Gasteiger partial charge in [-0.05, 0) is 24.3 Å². The van der Waals surface area contributed by atoms with Crippen molar-refractivity contribution in [1.29, 1.82) is 0 Å². The van der Waals surface area contributed by atoms with Gasteiger partial charge in [-0.25, -0.2) is 15.0 Å². The molecule has 9 nitrogen and oxygen atoms in total. The summed E-state index contributed by atoms with van der Waals surface area (Å²) in [6, 6.07) is 7.02. The Morgan fingerprint density at radius 3 is 2.52 bits per heavy atom. The molecule has 0 saturated carbocycles. The van der Waals surface area contributed by atoms with Gasteiger partial charge in [0, 0.05) is 34.0 Å². The smallest absolute Gasteiger partial charge is 0.269 e. The number of amides is 1. The Labute approximate surface area is 172 Å². The van der Waals surface area contributed by atoms with E-state index < -0.39 is 0 Å². The lowest BCUT2D eigenvalue weighted by atomic mass is 10.2. The number of carbonyl (C=O) groups is 1. The van der Waals surface area contributed by atoms with Gasteiger partial charge in [0.2, 0.25) is 0 Å². The van der Waals surface area contributed by atoms with Crippen LogP contribution in [-0.4, -0.2) is 44.8 Å². The predicted molar refractivity (Wildman–Crippen MR) is 105 cm³/mol. The fraction of sp³-hybridized carbons (Fsp3) is 0.188. The Balaban J connectivity index is 1.85. The van der Waals surface area contributed by atoms with Crippen molar-refractivity contribution in [2.45, 2.75) is 6.54 Å². The lowest BCUT2D eigenvalue weighted by Crippen LogP contribution is -2.25. The molecule has 3 rings (SSSR count). The van der Waals surface area contributed by atoms with E-state index in [2.05, 4.69) is 57.2 Å². The van der Waals surface area contributed by atoms with E-state index in [-0.39, 0.29) is 12.5 Å². The van der Waals surface area contributed by atoms with Crippen molar-refractivity contribution in [3.8, 4) is 5.95 Å². The lowest BCUT2D eigenvalue weighted by molar-refractivity contribution is 0.0949. The van der Waals surface area contributed by atoms with Crippen LogP contribution in [0.15, 0.2) is 45.6 Å². The molecule has 0 aliphatic heterocycles. The average molecular weight is 497 g/mol. The summed E-state index contributed by atoms with van der Waals surface area (Å²) in [6.45, 7) is 0.131. The van der Waals surface area contributed by atoms with Crippen molar-refractivity contribution >= 4 is 43.7 Å². The van der Waals surface area contributed by atoms with Crippen LogP contribution in [-0.2, 0) is 11.4 Å². The molecule has 0 radical (unpaired) electrons. The molecule has 1 amide bonds. The normalized spacial score (nSPS) is 10.7. The molecule has 0 aliphatic carbocycles. The largest absolute Gasteiger partial charge is 0.345 e. The standard InChI is InChI=1S/C16H15Br2N7O2/c1-24(27-2)16-22-13(25(23-16)15-19-4-3-5-20-15)9-21-14(26)10-6-11(17)8-12(18)7-10/h3-8H,9H2,1-2H3,(H,21,26). The first-order valence-corrected chi connectivity index (χ1v) is 9.32. The summed E-state index contributed by atoms with van der Waals surface area (Å²) >= 11 is 6.75. The van der Waals surface area contributed by atoms with Crippen LogP contribution >= 0.6 is 31.9 Å². The molecule has 0 aliphatic rings. The zero-order chi connectivity index (χ0) is 19.4. The summed E-state index contributed by atoms with van der Waals surface area (Å²) in [5.41, 5.74) is 0.507. The second kappa shape index (κ2) is 8.55. The van der Waals surface area contributed by atoms with Gasteiger partial charge < -0.3 is 5.32 Å². The highest BCUT2D eigenvalue weighted by atomic mass is 79.9. The second-order valence-corrected chi connectivity index (χ2v) is 7.14. The first-order chi connectivity index (χ1) is 13.0. The predicted octanol–water partition coefficient (Wildman–Crippen LogP) is 2.51. The fourth-order valence-corrected chi connectivity index (χ4v) is 3.46. The molecule has 2 aromatic heterocycles. The number of benzene rings is 1. The summed E-state index contributed by atoms with van der Waals surface area (Å²) in [4.78, 5) is 30.4. The molecule has 27 heavy (non-hydrogen) atoms. The maximum absolute atomic E-state index is 12.5. The van der Waals surface area contributed by atoms with Crippen LogP contribution in [0.4, 0.5) is 5.95 Å². The summed E-state index contributed by atoms with van der Waals surface area (Å²) in [5, 5.41) is 8.58. The van der Waals surface area contributed by atoms with Crippen LogP contribution in [0.2, 0.25) is 0 Å². The molecule has 0 bridgehead atoms. The maximum Gasteiger partial charge on any atom is 0.269 e. The molecule has 1 N–H and O–H groups in total. The molecule has 0 atom stereocenters. The minimum atomic E-state index is -0.248. The third kappa shape index (κ3) is 4.67. The van der Waals surface area contributed by atoms with Gasteiger partial charge in [-0.15, -0.1) is 5.10 Å². The van der Waals surface area contributed by atoms with E-state index in [1.54, 1.807) is 37.6 Å². The monoisotopic (exact) mass is 495 g/mol. The van der Waals surface area contributed by atoms with Crippen molar-refractivity contribution in [3.05, 3.63) is 57.0 Å². The van der Waals surface area contributed by atoms with E-state index in [4.69, 9.17) is 4.84 Å². The highest BCUT2D eigenvalue weighted by Gasteiger charge is 2.17. The number of anilines is 1.